The Bertz CT molecular complexity index is 704. The molecule has 6 heteroatoms. The van der Waals surface area contributed by atoms with Crippen molar-refractivity contribution in [2.75, 3.05) is 16.4 Å². The summed E-state index contributed by atoms with van der Waals surface area (Å²) in [6.45, 7) is 1.95. The Kier molecular flexibility index (Phi) is 6.81. The summed E-state index contributed by atoms with van der Waals surface area (Å²) in [5.74, 6) is -0.564. The lowest BCUT2D eigenvalue weighted by atomic mass is 10.3. The van der Waals surface area contributed by atoms with Crippen LogP contribution in [0.5, 0.6) is 0 Å². The Morgan fingerprint density at radius 3 is 2.38 bits per heavy atom. The molecule has 2 aromatic carbocycles. The average Bonchev–Trinajstić information content (AvgIpc) is 2.56. The zero-order valence-electron chi connectivity index (χ0n) is 13.3. The fourth-order valence-electron chi connectivity index (χ4n) is 1.98. The average molecular weight is 346 g/mol. The first-order chi connectivity index (χ1) is 11.6. The molecule has 0 radical (unpaired) electrons. The summed E-state index contributed by atoms with van der Waals surface area (Å²) in [7, 11) is 0. The van der Waals surface area contributed by atoms with Crippen molar-refractivity contribution in [3.05, 3.63) is 54.3 Å². The van der Waals surface area contributed by atoms with E-state index in [0.29, 0.717) is 6.42 Å². The van der Waals surface area contributed by atoms with E-state index in [-0.39, 0.29) is 23.3 Å². The van der Waals surface area contributed by atoms with E-state index < -0.39 is 5.82 Å². The van der Waals surface area contributed by atoms with Gasteiger partial charge in [-0.15, -0.1) is 11.8 Å². The monoisotopic (exact) mass is 346 g/mol. The molecule has 2 aromatic rings. The first-order valence-corrected chi connectivity index (χ1v) is 8.64. The molecule has 0 atom stereocenters. The maximum atomic E-state index is 13.5. The number of anilines is 2. The summed E-state index contributed by atoms with van der Waals surface area (Å²) in [5.41, 5.74) is 0.908. The number of amides is 2. The maximum absolute atomic E-state index is 13.5. The fraction of sp³-hybridized carbons (Fsp3) is 0.222. The van der Waals surface area contributed by atoms with Crippen LogP contribution in [0.4, 0.5) is 15.8 Å². The Balaban J connectivity index is 1.82. The zero-order chi connectivity index (χ0) is 17.4. The Morgan fingerprint density at radius 1 is 1.00 bits per heavy atom. The highest BCUT2D eigenvalue weighted by Gasteiger charge is 2.07. The van der Waals surface area contributed by atoms with Crippen molar-refractivity contribution in [1.29, 1.82) is 0 Å². The Labute approximate surface area is 144 Å². The van der Waals surface area contributed by atoms with E-state index in [2.05, 4.69) is 10.6 Å². The molecule has 0 fully saturated rings. The highest BCUT2D eigenvalue weighted by molar-refractivity contribution is 8.00. The van der Waals surface area contributed by atoms with Gasteiger partial charge in [0.15, 0.2) is 0 Å². The number of hydrogen-bond acceptors (Lipinski definition) is 3. The molecular weight excluding hydrogens is 327 g/mol. The van der Waals surface area contributed by atoms with Crippen LogP contribution < -0.4 is 10.6 Å². The van der Waals surface area contributed by atoms with Crippen LogP contribution in [-0.4, -0.2) is 17.6 Å². The number of thioether (sulfide) groups is 1. The fourth-order valence-corrected chi connectivity index (χ4v) is 2.68. The maximum Gasteiger partial charge on any atom is 0.234 e. The molecule has 2 N–H and O–H groups in total. The Hall–Kier alpha value is -2.34. The number of carbonyl (C=O) groups is 2. The van der Waals surface area contributed by atoms with E-state index in [1.807, 2.05) is 19.1 Å². The number of rotatable bonds is 7. The number of carbonyl (C=O) groups excluding carboxylic acids is 2. The number of benzene rings is 2. The quantitative estimate of drug-likeness (QED) is 0.735. The third-order valence-electron chi connectivity index (χ3n) is 3.13. The SMILES string of the molecule is CCCC(=O)Nc1ccc(SCC(=O)Nc2ccccc2F)cc1. The molecule has 0 aromatic heterocycles. The highest BCUT2D eigenvalue weighted by Crippen LogP contribution is 2.21. The summed E-state index contributed by atoms with van der Waals surface area (Å²) in [6, 6.07) is 13.3. The molecule has 0 unspecified atom stereocenters. The molecule has 0 aliphatic rings. The third-order valence-corrected chi connectivity index (χ3v) is 4.15. The van der Waals surface area contributed by atoms with E-state index in [1.54, 1.807) is 24.3 Å². The summed E-state index contributed by atoms with van der Waals surface area (Å²) in [4.78, 5) is 24.3. The van der Waals surface area contributed by atoms with Crippen LogP contribution >= 0.6 is 11.8 Å². The number of nitrogens with one attached hydrogen (secondary N) is 2. The van der Waals surface area contributed by atoms with Crippen LogP contribution in [-0.2, 0) is 9.59 Å². The first-order valence-electron chi connectivity index (χ1n) is 7.65. The molecule has 4 nitrogen and oxygen atoms in total. The van der Waals surface area contributed by atoms with Gasteiger partial charge in [-0.05, 0) is 42.8 Å². The van der Waals surface area contributed by atoms with Crippen molar-refractivity contribution >= 4 is 35.0 Å². The second-order valence-corrected chi connectivity index (χ2v) is 6.19. The van der Waals surface area contributed by atoms with Crippen molar-refractivity contribution in [3.63, 3.8) is 0 Å². The van der Waals surface area contributed by atoms with Crippen LogP contribution in [0.2, 0.25) is 0 Å². The molecule has 2 rings (SSSR count). The lowest BCUT2D eigenvalue weighted by Crippen LogP contribution is -2.14. The van der Waals surface area contributed by atoms with Crippen molar-refractivity contribution in [2.24, 2.45) is 0 Å². The molecular formula is C18H19FN2O2S. The smallest absolute Gasteiger partial charge is 0.234 e. The van der Waals surface area contributed by atoms with Crippen LogP contribution in [0, 0.1) is 5.82 Å². The van der Waals surface area contributed by atoms with E-state index in [1.165, 1.54) is 23.9 Å². The summed E-state index contributed by atoms with van der Waals surface area (Å²) >= 11 is 1.34. The minimum absolute atomic E-state index is 0.0119. The molecule has 0 aliphatic heterocycles. The van der Waals surface area contributed by atoms with Crippen LogP contribution in [0.3, 0.4) is 0 Å². The van der Waals surface area contributed by atoms with Crippen LogP contribution in [0.15, 0.2) is 53.4 Å². The summed E-state index contributed by atoms with van der Waals surface area (Å²) in [6.07, 6.45) is 1.30. The van der Waals surface area contributed by atoms with Crippen molar-refractivity contribution in [3.8, 4) is 0 Å². The lowest BCUT2D eigenvalue weighted by molar-refractivity contribution is -0.116. The van der Waals surface area contributed by atoms with Crippen LogP contribution in [0.1, 0.15) is 19.8 Å². The standard InChI is InChI=1S/C18H19FN2O2S/c1-2-5-17(22)20-13-8-10-14(11-9-13)24-12-18(23)21-16-7-4-3-6-15(16)19/h3-4,6-11H,2,5,12H2,1H3,(H,20,22)(H,21,23). The zero-order valence-corrected chi connectivity index (χ0v) is 14.2. The molecule has 24 heavy (non-hydrogen) atoms. The van der Waals surface area contributed by atoms with Crippen molar-refractivity contribution in [2.45, 2.75) is 24.7 Å². The normalized spacial score (nSPS) is 10.2. The second-order valence-electron chi connectivity index (χ2n) is 5.14. The molecule has 0 saturated heterocycles. The van der Waals surface area contributed by atoms with Gasteiger partial charge in [-0.2, -0.15) is 0 Å². The number of para-hydroxylation sites is 1. The lowest BCUT2D eigenvalue weighted by Gasteiger charge is -2.07. The molecule has 2 amide bonds. The largest absolute Gasteiger partial charge is 0.326 e. The topological polar surface area (TPSA) is 58.2 Å². The molecule has 0 bridgehead atoms. The minimum atomic E-state index is -0.456. The van der Waals surface area contributed by atoms with Gasteiger partial charge in [0.2, 0.25) is 11.8 Å². The molecule has 0 saturated carbocycles. The summed E-state index contributed by atoms with van der Waals surface area (Å²) < 4.78 is 13.5. The first kappa shape index (κ1) is 18.0. The van der Waals surface area contributed by atoms with E-state index >= 15 is 0 Å². The van der Waals surface area contributed by atoms with E-state index in [4.69, 9.17) is 0 Å². The van der Waals surface area contributed by atoms with Crippen molar-refractivity contribution in [1.82, 2.24) is 0 Å². The minimum Gasteiger partial charge on any atom is -0.326 e. The van der Waals surface area contributed by atoms with E-state index in [9.17, 15) is 14.0 Å². The van der Waals surface area contributed by atoms with Gasteiger partial charge in [0.1, 0.15) is 5.82 Å². The number of halogens is 1. The van der Waals surface area contributed by atoms with E-state index in [0.717, 1.165) is 17.0 Å². The Morgan fingerprint density at radius 2 is 1.71 bits per heavy atom. The van der Waals surface area contributed by atoms with Gasteiger partial charge < -0.3 is 10.6 Å². The van der Waals surface area contributed by atoms with Gasteiger partial charge in [-0.1, -0.05) is 19.1 Å². The van der Waals surface area contributed by atoms with Crippen molar-refractivity contribution < 1.29 is 14.0 Å². The second kappa shape index (κ2) is 9.08. The van der Waals surface area contributed by atoms with Gasteiger partial charge in [-0.3, -0.25) is 9.59 Å². The van der Waals surface area contributed by atoms with Gasteiger partial charge in [-0.25, -0.2) is 4.39 Å². The van der Waals surface area contributed by atoms with Gasteiger partial charge in [0.25, 0.3) is 0 Å². The highest BCUT2D eigenvalue weighted by atomic mass is 32.2. The van der Waals surface area contributed by atoms with Gasteiger partial charge >= 0.3 is 0 Å². The molecule has 126 valence electrons. The van der Waals surface area contributed by atoms with Gasteiger partial charge in [0.05, 0.1) is 11.4 Å². The molecule has 0 heterocycles. The predicted octanol–water partition coefficient (Wildman–Crippen LogP) is 4.30. The van der Waals surface area contributed by atoms with Crippen LogP contribution in [0.25, 0.3) is 0 Å². The third kappa shape index (κ3) is 5.70. The number of hydrogen-bond donors (Lipinski definition) is 2. The van der Waals surface area contributed by atoms with Gasteiger partial charge in [0, 0.05) is 17.0 Å². The molecule has 0 spiro atoms. The predicted molar refractivity (Wildman–Crippen MR) is 95.7 cm³/mol. The molecule has 0 aliphatic carbocycles. The summed E-state index contributed by atoms with van der Waals surface area (Å²) in [5, 5.41) is 5.34.